The van der Waals surface area contributed by atoms with E-state index in [1.165, 1.54) is 5.56 Å². The fourth-order valence-electron chi connectivity index (χ4n) is 1.31. The zero-order valence-electron chi connectivity index (χ0n) is 8.36. The van der Waals surface area contributed by atoms with Gasteiger partial charge in [0.1, 0.15) is 0 Å². The maximum Gasteiger partial charge on any atom is 0.0581 e. The van der Waals surface area contributed by atoms with Crippen molar-refractivity contribution in [3.63, 3.8) is 0 Å². The largest absolute Gasteiger partial charge is 0.393 e. The Morgan fingerprint density at radius 1 is 1.38 bits per heavy atom. The van der Waals surface area contributed by atoms with Crippen molar-refractivity contribution in [1.82, 2.24) is 0 Å². The molecule has 0 radical (unpaired) electrons. The van der Waals surface area contributed by atoms with Crippen molar-refractivity contribution in [2.24, 2.45) is 5.92 Å². The molecule has 0 saturated carbocycles. The van der Waals surface area contributed by atoms with Gasteiger partial charge in [0.05, 0.1) is 6.10 Å². The summed E-state index contributed by atoms with van der Waals surface area (Å²) < 4.78 is 0. The number of hydrogen-bond acceptors (Lipinski definition) is 2. The van der Waals surface area contributed by atoms with Crippen LogP contribution in [0, 0.1) is 5.92 Å². The van der Waals surface area contributed by atoms with Crippen molar-refractivity contribution >= 4 is 11.3 Å². The van der Waals surface area contributed by atoms with Crippen LogP contribution in [0.4, 0.5) is 0 Å². The molecule has 2 heteroatoms. The van der Waals surface area contributed by atoms with Crippen LogP contribution in [0.1, 0.15) is 32.3 Å². The summed E-state index contributed by atoms with van der Waals surface area (Å²) in [6, 6.07) is 2.09. The van der Waals surface area contributed by atoms with Crippen LogP contribution >= 0.6 is 11.3 Å². The second-order valence-electron chi connectivity index (χ2n) is 3.96. The predicted octanol–water partition coefficient (Wildman–Crippen LogP) is 3.09. The fourth-order valence-corrected chi connectivity index (χ4v) is 1.99. The highest BCUT2D eigenvalue weighted by Gasteiger charge is 2.06. The number of rotatable bonds is 5. The predicted molar refractivity (Wildman–Crippen MR) is 58.1 cm³/mol. The van der Waals surface area contributed by atoms with E-state index in [4.69, 9.17) is 0 Å². The number of hydrogen-bond donors (Lipinski definition) is 1. The molecule has 1 rings (SSSR count). The minimum atomic E-state index is -0.156. The van der Waals surface area contributed by atoms with Gasteiger partial charge in [-0.25, -0.2) is 0 Å². The first-order valence-corrected chi connectivity index (χ1v) is 5.82. The lowest BCUT2D eigenvalue weighted by Crippen LogP contribution is -2.10. The Morgan fingerprint density at radius 3 is 2.69 bits per heavy atom. The Labute approximate surface area is 84.4 Å². The Balaban J connectivity index is 2.22. The van der Waals surface area contributed by atoms with Gasteiger partial charge in [0, 0.05) is 0 Å². The van der Waals surface area contributed by atoms with Crippen LogP contribution in [0.2, 0.25) is 0 Å². The molecule has 1 nitrogen and oxygen atoms in total. The van der Waals surface area contributed by atoms with Crippen molar-refractivity contribution in [2.45, 2.75) is 39.2 Å². The average molecular weight is 198 g/mol. The molecule has 1 heterocycles. The molecule has 0 bridgehead atoms. The van der Waals surface area contributed by atoms with E-state index in [2.05, 4.69) is 30.7 Å². The molecule has 1 N–H and O–H groups in total. The Hall–Kier alpha value is -0.340. The molecular weight excluding hydrogens is 180 g/mol. The molecular formula is C11H18OS. The topological polar surface area (TPSA) is 20.2 Å². The van der Waals surface area contributed by atoms with Gasteiger partial charge in [-0.3, -0.25) is 0 Å². The second-order valence-corrected chi connectivity index (χ2v) is 4.74. The molecule has 0 aromatic carbocycles. The Kier molecular flexibility index (Phi) is 4.46. The lowest BCUT2D eigenvalue weighted by Gasteiger charge is -2.10. The van der Waals surface area contributed by atoms with E-state index in [0.29, 0.717) is 5.92 Å². The Morgan fingerprint density at radius 2 is 2.15 bits per heavy atom. The summed E-state index contributed by atoms with van der Waals surface area (Å²) in [7, 11) is 0. The highest BCUT2D eigenvalue weighted by molar-refractivity contribution is 7.07. The molecule has 1 aromatic rings. The maximum absolute atomic E-state index is 9.67. The quantitative estimate of drug-likeness (QED) is 0.771. The molecule has 1 unspecified atom stereocenters. The van der Waals surface area contributed by atoms with E-state index in [-0.39, 0.29) is 6.10 Å². The highest BCUT2D eigenvalue weighted by Crippen LogP contribution is 2.13. The molecule has 0 saturated heterocycles. The van der Waals surface area contributed by atoms with E-state index in [1.54, 1.807) is 11.3 Å². The van der Waals surface area contributed by atoms with Crippen molar-refractivity contribution in [2.75, 3.05) is 0 Å². The summed E-state index contributed by atoms with van der Waals surface area (Å²) in [6.07, 6.45) is 2.70. The van der Waals surface area contributed by atoms with Gasteiger partial charge in [-0.05, 0) is 47.6 Å². The van der Waals surface area contributed by atoms with E-state index in [9.17, 15) is 5.11 Å². The van der Waals surface area contributed by atoms with Crippen LogP contribution in [0.5, 0.6) is 0 Å². The molecule has 1 atom stereocenters. The van der Waals surface area contributed by atoms with Crippen LogP contribution in [0.25, 0.3) is 0 Å². The molecule has 0 spiro atoms. The van der Waals surface area contributed by atoms with Gasteiger partial charge < -0.3 is 5.11 Å². The molecule has 0 aliphatic rings. The van der Waals surface area contributed by atoms with Crippen LogP contribution in [0.3, 0.4) is 0 Å². The van der Waals surface area contributed by atoms with Crippen LogP contribution in [-0.4, -0.2) is 11.2 Å². The van der Waals surface area contributed by atoms with Crippen molar-refractivity contribution in [3.8, 4) is 0 Å². The van der Waals surface area contributed by atoms with Crippen molar-refractivity contribution in [1.29, 1.82) is 0 Å². The fraction of sp³-hybridized carbons (Fsp3) is 0.636. The maximum atomic E-state index is 9.67. The smallest absolute Gasteiger partial charge is 0.0581 e. The zero-order valence-corrected chi connectivity index (χ0v) is 9.18. The second kappa shape index (κ2) is 5.40. The summed E-state index contributed by atoms with van der Waals surface area (Å²) in [5.74, 6) is 0.692. The molecule has 0 aliphatic carbocycles. The van der Waals surface area contributed by atoms with Gasteiger partial charge in [-0.1, -0.05) is 13.8 Å². The molecule has 0 aliphatic heterocycles. The van der Waals surface area contributed by atoms with Crippen LogP contribution in [-0.2, 0) is 6.42 Å². The van der Waals surface area contributed by atoms with Crippen molar-refractivity contribution in [3.05, 3.63) is 22.4 Å². The minimum Gasteiger partial charge on any atom is -0.393 e. The molecule has 13 heavy (non-hydrogen) atoms. The standard InChI is InChI=1S/C11H18OS/c1-9(2)3-4-11(12)7-10-5-6-13-8-10/h5-6,8-9,11-12H,3-4,7H2,1-2H3. The van der Waals surface area contributed by atoms with Gasteiger partial charge in [0.25, 0.3) is 0 Å². The first-order chi connectivity index (χ1) is 6.18. The lowest BCUT2D eigenvalue weighted by atomic mass is 10.0. The summed E-state index contributed by atoms with van der Waals surface area (Å²) in [6.45, 7) is 4.38. The van der Waals surface area contributed by atoms with E-state index in [1.807, 2.05) is 0 Å². The van der Waals surface area contributed by atoms with Crippen LogP contribution < -0.4 is 0 Å². The van der Waals surface area contributed by atoms with Gasteiger partial charge in [-0.2, -0.15) is 11.3 Å². The highest BCUT2D eigenvalue weighted by atomic mass is 32.1. The van der Waals surface area contributed by atoms with E-state index < -0.39 is 0 Å². The first-order valence-electron chi connectivity index (χ1n) is 4.87. The molecule has 1 aromatic heterocycles. The minimum absolute atomic E-state index is 0.156. The van der Waals surface area contributed by atoms with E-state index >= 15 is 0 Å². The SMILES string of the molecule is CC(C)CCC(O)Cc1ccsc1. The lowest BCUT2D eigenvalue weighted by molar-refractivity contribution is 0.157. The van der Waals surface area contributed by atoms with Gasteiger partial charge in [-0.15, -0.1) is 0 Å². The Bertz CT molecular complexity index is 216. The third kappa shape index (κ3) is 4.44. The third-order valence-electron chi connectivity index (χ3n) is 2.13. The first kappa shape index (κ1) is 10.7. The third-order valence-corrected chi connectivity index (χ3v) is 2.86. The van der Waals surface area contributed by atoms with Gasteiger partial charge >= 0.3 is 0 Å². The number of aliphatic hydroxyl groups excluding tert-OH is 1. The normalized spacial score (nSPS) is 13.5. The number of aliphatic hydroxyl groups is 1. The van der Waals surface area contributed by atoms with Gasteiger partial charge in [0.2, 0.25) is 0 Å². The average Bonchev–Trinajstić information content (AvgIpc) is 2.53. The number of thiophene rings is 1. The summed E-state index contributed by atoms with van der Waals surface area (Å²) >= 11 is 1.69. The van der Waals surface area contributed by atoms with E-state index in [0.717, 1.165) is 19.3 Å². The summed E-state index contributed by atoms with van der Waals surface area (Å²) in [4.78, 5) is 0. The van der Waals surface area contributed by atoms with Gasteiger partial charge in [0.15, 0.2) is 0 Å². The molecule has 74 valence electrons. The van der Waals surface area contributed by atoms with Crippen molar-refractivity contribution < 1.29 is 5.11 Å². The summed E-state index contributed by atoms with van der Waals surface area (Å²) in [5.41, 5.74) is 1.27. The summed E-state index contributed by atoms with van der Waals surface area (Å²) in [5, 5.41) is 13.8. The molecule has 0 fully saturated rings. The zero-order chi connectivity index (χ0) is 9.68. The van der Waals surface area contributed by atoms with Crippen LogP contribution in [0.15, 0.2) is 16.8 Å². The monoisotopic (exact) mass is 198 g/mol. The molecule has 0 amide bonds.